The number of esters is 1. The third-order valence-electron chi connectivity index (χ3n) is 3.64. The molecule has 0 atom stereocenters. The largest absolute Gasteiger partial charge is 0.496 e. The number of benzene rings is 3. The Balaban J connectivity index is 1.96. The van der Waals surface area contributed by atoms with Crippen LogP contribution in [0.15, 0.2) is 59.1 Å². The van der Waals surface area contributed by atoms with Gasteiger partial charge in [-0.2, -0.15) is 0 Å². The predicted molar refractivity (Wildman–Crippen MR) is 96.2 cm³/mol. The molecular formula is C19H15BrO4. The SMILES string of the molecule is COc1cccc(OC)c1C(=O)Oc1ccc2c(Br)cccc2c1. The van der Waals surface area contributed by atoms with Crippen LogP contribution < -0.4 is 14.2 Å². The van der Waals surface area contributed by atoms with E-state index in [1.807, 2.05) is 30.3 Å². The van der Waals surface area contributed by atoms with Crippen molar-refractivity contribution in [1.29, 1.82) is 0 Å². The van der Waals surface area contributed by atoms with Gasteiger partial charge in [-0.15, -0.1) is 0 Å². The average Bonchev–Trinajstić information content (AvgIpc) is 2.61. The average molecular weight is 387 g/mol. The fourth-order valence-electron chi connectivity index (χ4n) is 2.50. The maximum atomic E-state index is 12.6. The first-order valence-electron chi connectivity index (χ1n) is 7.25. The Bertz CT molecular complexity index is 883. The van der Waals surface area contributed by atoms with Gasteiger partial charge in [0.15, 0.2) is 0 Å². The fourth-order valence-corrected chi connectivity index (χ4v) is 3.01. The number of hydrogen-bond acceptors (Lipinski definition) is 4. The van der Waals surface area contributed by atoms with Gasteiger partial charge in [0.05, 0.1) is 14.2 Å². The van der Waals surface area contributed by atoms with Crippen LogP contribution in [-0.4, -0.2) is 20.2 Å². The summed E-state index contributed by atoms with van der Waals surface area (Å²) >= 11 is 3.51. The van der Waals surface area contributed by atoms with Gasteiger partial charge in [-0.1, -0.05) is 34.1 Å². The Hall–Kier alpha value is -2.53. The molecule has 4 nitrogen and oxygen atoms in total. The number of rotatable bonds is 4. The molecule has 3 rings (SSSR count). The highest BCUT2D eigenvalue weighted by Crippen LogP contribution is 2.31. The molecule has 122 valence electrons. The molecule has 0 fully saturated rings. The van der Waals surface area contributed by atoms with Crippen molar-refractivity contribution in [1.82, 2.24) is 0 Å². The van der Waals surface area contributed by atoms with E-state index in [-0.39, 0.29) is 5.56 Å². The van der Waals surface area contributed by atoms with Gasteiger partial charge in [0.25, 0.3) is 0 Å². The minimum atomic E-state index is -0.529. The Labute approximate surface area is 148 Å². The van der Waals surface area contributed by atoms with Crippen LogP contribution in [0.1, 0.15) is 10.4 Å². The van der Waals surface area contributed by atoms with E-state index in [9.17, 15) is 4.79 Å². The molecule has 0 aliphatic heterocycles. The monoisotopic (exact) mass is 386 g/mol. The number of ether oxygens (including phenoxy) is 3. The van der Waals surface area contributed by atoms with E-state index >= 15 is 0 Å². The molecule has 3 aromatic carbocycles. The van der Waals surface area contributed by atoms with Crippen molar-refractivity contribution >= 4 is 32.7 Å². The van der Waals surface area contributed by atoms with Crippen molar-refractivity contribution in [2.45, 2.75) is 0 Å². The first-order chi connectivity index (χ1) is 11.6. The van der Waals surface area contributed by atoms with E-state index < -0.39 is 5.97 Å². The number of fused-ring (bicyclic) bond motifs is 1. The van der Waals surface area contributed by atoms with Crippen LogP contribution in [0.5, 0.6) is 17.2 Å². The predicted octanol–water partition coefficient (Wildman–Crippen LogP) is 4.84. The highest BCUT2D eigenvalue weighted by atomic mass is 79.9. The quantitative estimate of drug-likeness (QED) is 0.475. The minimum Gasteiger partial charge on any atom is -0.496 e. The lowest BCUT2D eigenvalue weighted by Crippen LogP contribution is -2.11. The van der Waals surface area contributed by atoms with E-state index in [0.717, 1.165) is 15.2 Å². The normalized spacial score (nSPS) is 10.5. The van der Waals surface area contributed by atoms with Gasteiger partial charge in [0, 0.05) is 4.47 Å². The number of carbonyl (C=O) groups is 1. The van der Waals surface area contributed by atoms with Crippen molar-refractivity contribution in [2.24, 2.45) is 0 Å². The number of methoxy groups -OCH3 is 2. The Morgan fingerprint density at radius 3 is 2.25 bits per heavy atom. The third-order valence-corrected chi connectivity index (χ3v) is 4.33. The molecule has 0 amide bonds. The zero-order valence-electron chi connectivity index (χ0n) is 13.2. The van der Waals surface area contributed by atoms with Crippen LogP contribution in [0, 0.1) is 0 Å². The maximum absolute atomic E-state index is 12.6. The Morgan fingerprint density at radius 2 is 1.58 bits per heavy atom. The molecule has 0 aliphatic rings. The second kappa shape index (κ2) is 6.93. The molecule has 0 N–H and O–H groups in total. The summed E-state index contributed by atoms with van der Waals surface area (Å²) in [5, 5.41) is 2.02. The molecular weight excluding hydrogens is 372 g/mol. The van der Waals surface area contributed by atoms with Crippen LogP contribution in [0.3, 0.4) is 0 Å². The Morgan fingerprint density at radius 1 is 0.917 bits per heavy atom. The maximum Gasteiger partial charge on any atom is 0.351 e. The lowest BCUT2D eigenvalue weighted by molar-refractivity contribution is 0.0728. The number of halogens is 1. The summed E-state index contributed by atoms with van der Waals surface area (Å²) in [4.78, 5) is 12.6. The fraction of sp³-hybridized carbons (Fsp3) is 0.105. The molecule has 0 saturated carbocycles. The van der Waals surface area contributed by atoms with Crippen molar-refractivity contribution in [3.63, 3.8) is 0 Å². The van der Waals surface area contributed by atoms with Crippen molar-refractivity contribution in [3.05, 3.63) is 64.6 Å². The number of hydrogen-bond donors (Lipinski definition) is 0. The summed E-state index contributed by atoms with van der Waals surface area (Å²) in [6.07, 6.45) is 0. The van der Waals surface area contributed by atoms with Crippen LogP contribution in [0.4, 0.5) is 0 Å². The van der Waals surface area contributed by atoms with Gasteiger partial charge < -0.3 is 14.2 Å². The van der Waals surface area contributed by atoms with E-state index in [1.165, 1.54) is 14.2 Å². The second-order valence-electron chi connectivity index (χ2n) is 5.05. The van der Waals surface area contributed by atoms with E-state index in [0.29, 0.717) is 17.2 Å². The summed E-state index contributed by atoms with van der Waals surface area (Å²) < 4.78 is 17.0. The third kappa shape index (κ3) is 3.08. The molecule has 24 heavy (non-hydrogen) atoms. The first kappa shape index (κ1) is 16.3. The molecule has 0 bridgehead atoms. The smallest absolute Gasteiger partial charge is 0.351 e. The summed E-state index contributed by atoms with van der Waals surface area (Å²) in [6, 6.07) is 16.5. The summed E-state index contributed by atoms with van der Waals surface area (Å²) in [7, 11) is 3.00. The molecule has 0 radical (unpaired) electrons. The van der Waals surface area contributed by atoms with Crippen molar-refractivity contribution in [2.75, 3.05) is 14.2 Å². The molecule has 0 unspecified atom stereocenters. The molecule has 0 heterocycles. The topological polar surface area (TPSA) is 44.8 Å². The van der Waals surface area contributed by atoms with E-state index in [1.54, 1.807) is 24.3 Å². The Kier molecular flexibility index (Phi) is 4.71. The van der Waals surface area contributed by atoms with Gasteiger partial charge in [0.1, 0.15) is 22.8 Å². The van der Waals surface area contributed by atoms with Crippen molar-refractivity contribution in [3.8, 4) is 17.2 Å². The van der Waals surface area contributed by atoms with Crippen LogP contribution in [0.2, 0.25) is 0 Å². The van der Waals surface area contributed by atoms with Crippen LogP contribution in [0.25, 0.3) is 10.8 Å². The summed E-state index contributed by atoms with van der Waals surface area (Å²) in [5.74, 6) is 0.739. The van der Waals surface area contributed by atoms with Crippen LogP contribution >= 0.6 is 15.9 Å². The number of carbonyl (C=O) groups excluding carboxylic acids is 1. The molecule has 5 heteroatoms. The highest BCUT2D eigenvalue weighted by Gasteiger charge is 2.20. The lowest BCUT2D eigenvalue weighted by Gasteiger charge is -2.12. The zero-order valence-corrected chi connectivity index (χ0v) is 14.8. The van der Waals surface area contributed by atoms with Crippen molar-refractivity contribution < 1.29 is 19.0 Å². The van der Waals surface area contributed by atoms with Crippen LogP contribution in [-0.2, 0) is 0 Å². The van der Waals surface area contributed by atoms with Gasteiger partial charge in [0.2, 0.25) is 0 Å². The van der Waals surface area contributed by atoms with E-state index in [2.05, 4.69) is 15.9 Å². The minimum absolute atomic E-state index is 0.261. The molecule has 0 saturated heterocycles. The standard InChI is InChI=1S/C19H15BrO4/c1-22-16-7-4-8-17(23-2)18(16)19(21)24-13-9-10-14-12(11-13)5-3-6-15(14)20/h3-11H,1-2H3. The molecule has 0 spiro atoms. The molecule has 0 aromatic heterocycles. The lowest BCUT2D eigenvalue weighted by atomic mass is 10.1. The first-order valence-corrected chi connectivity index (χ1v) is 8.05. The van der Waals surface area contributed by atoms with Gasteiger partial charge in [-0.3, -0.25) is 0 Å². The van der Waals surface area contributed by atoms with Gasteiger partial charge in [-0.05, 0) is 47.2 Å². The summed E-state index contributed by atoms with van der Waals surface area (Å²) in [6.45, 7) is 0. The van der Waals surface area contributed by atoms with Gasteiger partial charge in [-0.25, -0.2) is 4.79 Å². The molecule has 0 aliphatic carbocycles. The highest BCUT2D eigenvalue weighted by molar-refractivity contribution is 9.10. The zero-order chi connectivity index (χ0) is 17.1. The second-order valence-corrected chi connectivity index (χ2v) is 5.90. The summed E-state index contributed by atoms with van der Waals surface area (Å²) in [5.41, 5.74) is 0.261. The van der Waals surface area contributed by atoms with Gasteiger partial charge >= 0.3 is 5.97 Å². The van der Waals surface area contributed by atoms with E-state index in [4.69, 9.17) is 14.2 Å². The molecule has 3 aromatic rings.